The SMILES string of the molecule is CC(CO)Nc1cc(N)cc(OC(C)C)c1. The van der Waals surface area contributed by atoms with Crippen LogP contribution < -0.4 is 15.8 Å². The van der Waals surface area contributed by atoms with Crippen LogP contribution >= 0.6 is 0 Å². The Morgan fingerprint density at radius 1 is 1.31 bits per heavy atom. The molecule has 90 valence electrons. The normalized spacial score (nSPS) is 12.6. The van der Waals surface area contributed by atoms with Crippen LogP contribution in [0.25, 0.3) is 0 Å². The zero-order chi connectivity index (χ0) is 12.1. The topological polar surface area (TPSA) is 67.5 Å². The highest BCUT2D eigenvalue weighted by molar-refractivity contribution is 5.59. The van der Waals surface area contributed by atoms with Crippen molar-refractivity contribution in [3.05, 3.63) is 18.2 Å². The van der Waals surface area contributed by atoms with E-state index in [-0.39, 0.29) is 18.8 Å². The third-order valence-corrected chi connectivity index (χ3v) is 1.99. The number of aliphatic hydroxyl groups is 1. The van der Waals surface area contributed by atoms with Crippen molar-refractivity contribution in [2.75, 3.05) is 17.7 Å². The van der Waals surface area contributed by atoms with Crippen molar-refractivity contribution in [3.63, 3.8) is 0 Å². The fraction of sp³-hybridized carbons (Fsp3) is 0.500. The Bertz CT molecular complexity index is 340. The zero-order valence-corrected chi connectivity index (χ0v) is 10.0. The standard InChI is InChI=1S/C12H20N2O2/c1-8(2)16-12-5-10(13)4-11(6-12)14-9(3)7-15/h4-6,8-9,14-15H,7,13H2,1-3H3. The van der Waals surface area contributed by atoms with Crippen molar-refractivity contribution in [1.82, 2.24) is 0 Å². The summed E-state index contributed by atoms with van der Waals surface area (Å²) in [4.78, 5) is 0. The second kappa shape index (κ2) is 5.61. The van der Waals surface area contributed by atoms with E-state index < -0.39 is 0 Å². The Balaban J connectivity index is 2.81. The third-order valence-electron chi connectivity index (χ3n) is 1.99. The molecule has 0 amide bonds. The average molecular weight is 224 g/mol. The van der Waals surface area contributed by atoms with Gasteiger partial charge in [0.15, 0.2) is 0 Å². The van der Waals surface area contributed by atoms with Crippen LogP contribution in [0.15, 0.2) is 18.2 Å². The van der Waals surface area contributed by atoms with Gasteiger partial charge < -0.3 is 20.9 Å². The molecule has 0 fully saturated rings. The number of anilines is 2. The van der Waals surface area contributed by atoms with Gasteiger partial charge in [0.05, 0.1) is 12.7 Å². The molecule has 0 aliphatic rings. The first-order chi connectivity index (χ1) is 7.51. The molecule has 0 aliphatic carbocycles. The minimum absolute atomic E-state index is 0.00583. The first-order valence-corrected chi connectivity index (χ1v) is 5.46. The highest BCUT2D eigenvalue weighted by Gasteiger charge is 2.04. The average Bonchev–Trinajstić information content (AvgIpc) is 2.15. The number of ether oxygens (including phenoxy) is 1. The van der Waals surface area contributed by atoms with Gasteiger partial charge in [0.1, 0.15) is 5.75 Å². The van der Waals surface area contributed by atoms with Crippen molar-refractivity contribution < 1.29 is 9.84 Å². The number of hydrogen-bond acceptors (Lipinski definition) is 4. The first kappa shape index (κ1) is 12.6. The molecule has 4 heteroatoms. The predicted octanol–water partition coefficient (Wildman–Crippen LogP) is 1.85. The molecule has 16 heavy (non-hydrogen) atoms. The lowest BCUT2D eigenvalue weighted by molar-refractivity contribution is 0.242. The van der Waals surface area contributed by atoms with Gasteiger partial charge in [-0.25, -0.2) is 0 Å². The Labute approximate surface area is 96.4 Å². The second-order valence-corrected chi connectivity index (χ2v) is 4.19. The summed E-state index contributed by atoms with van der Waals surface area (Å²) in [6, 6.07) is 5.48. The van der Waals surface area contributed by atoms with Gasteiger partial charge in [0.2, 0.25) is 0 Å². The molecule has 4 nitrogen and oxygen atoms in total. The summed E-state index contributed by atoms with van der Waals surface area (Å²) in [5.41, 5.74) is 7.27. The summed E-state index contributed by atoms with van der Waals surface area (Å²) in [6.07, 6.45) is 0.116. The Hall–Kier alpha value is -1.42. The maximum absolute atomic E-state index is 8.96. The lowest BCUT2D eigenvalue weighted by Crippen LogP contribution is -2.19. The number of rotatable bonds is 5. The fourth-order valence-electron chi connectivity index (χ4n) is 1.38. The summed E-state index contributed by atoms with van der Waals surface area (Å²) in [6.45, 7) is 5.90. The van der Waals surface area contributed by atoms with Crippen LogP contribution in [0.1, 0.15) is 20.8 Å². The maximum atomic E-state index is 8.96. The van der Waals surface area contributed by atoms with Gasteiger partial charge in [-0.15, -0.1) is 0 Å². The molecule has 1 aromatic carbocycles. The first-order valence-electron chi connectivity index (χ1n) is 5.46. The molecule has 0 saturated carbocycles. The molecule has 4 N–H and O–H groups in total. The van der Waals surface area contributed by atoms with Gasteiger partial charge in [-0.05, 0) is 26.8 Å². The van der Waals surface area contributed by atoms with Crippen LogP contribution in [0.4, 0.5) is 11.4 Å². The monoisotopic (exact) mass is 224 g/mol. The molecular formula is C12H20N2O2. The molecular weight excluding hydrogens is 204 g/mol. The minimum atomic E-state index is -0.00583. The highest BCUT2D eigenvalue weighted by atomic mass is 16.5. The van der Waals surface area contributed by atoms with Crippen LogP contribution in [0.2, 0.25) is 0 Å². The molecule has 0 heterocycles. The molecule has 0 spiro atoms. The number of aliphatic hydroxyl groups excluding tert-OH is 1. The van der Waals surface area contributed by atoms with E-state index in [2.05, 4.69) is 5.32 Å². The molecule has 1 aromatic rings. The van der Waals surface area contributed by atoms with Crippen LogP contribution in [0.3, 0.4) is 0 Å². The van der Waals surface area contributed by atoms with Crippen molar-refractivity contribution in [3.8, 4) is 5.75 Å². The molecule has 1 unspecified atom stereocenters. The van der Waals surface area contributed by atoms with E-state index in [4.69, 9.17) is 15.6 Å². The van der Waals surface area contributed by atoms with Crippen molar-refractivity contribution in [1.29, 1.82) is 0 Å². The van der Waals surface area contributed by atoms with E-state index in [1.807, 2.05) is 32.9 Å². The van der Waals surface area contributed by atoms with E-state index in [1.54, 1.807) is 6.07 Å². The Kier molecular flexibility index (Phi) is 4.43. The van der Waals surface area contributed by atoms with E-state index in [9.17, 15) is 0 Å². The Morgan fingerprint density at radius 2 is 2.00 bits per heavy atom. The van der Waals surface area contributed by atoms with Crippen LogP contribution in [-0.2, 0) is 0 Å². The van der Waals surface area contributed by atoms with E-state index in [0.717, 1.165) is 11.4 Å². The number of nitrogen functional groups attached to an aromatic ring is 1. The van der Waals surface area contributed by atoms with E-state index >= 15 is 0 Å². The van der Waals surface area contributed by atoms with Gasteiger partial charge in [-0.2, -0.15) is 0 Å². The molecule has 0 bridgehead atoms. The number of benzene rings is 1. The second-order valence-electron chi connectivity index (χ2n) is 4.19. The zero-order valence-electron chi connectivity index (χ0n) is 10.0. The summed E-state index contributed by atoms with van der Waals surface area (Å²) < 4.78 is 5.57. The highest BCUT2D eigenvalue weighted by Crippen LogP contribution is 2.23. The molecule has 1 atom stereocenters. The van der Waals surface area contributed by atoms with Crippen LogP contribution in [-0.4, -0.2) is 23.9 Å². The fourth-order valence-corrected chi connectivity index (χ4v) is 1.38. The van der Waals surface area contributed by atoms with E-state index in [1.165, 1.54) is 0 Å². The van der Waals surface area contributed by atoms with Crippen molar-refractivity contribution in [2.24, 2.45) is 0 Å². The minimum Gasteiger partial charge on any atom is -0.491 e. The molecule has 0 aromatic heterocycles. The van der Waals surface area contributed by atoms with Crippen molar-refractivity contribution >= 4 is 11.4 Å². The summed E-state index contributed by atoms with van der Waals surface area (Å²) in [5.74, 6) is 0.739. The molecule has 1 rings (SSSR count). The summed E-state index contributed by atoms with van der Waals surface area (Å²) >= 11 is 0. The molecule has 0 radical (unpaired) electrons. The smallest absolute Gasteiger partial charge is 0.123 e. The lowest BCUT2D eigenvalue weighted by atomic mass is 10.2. The summed E-state index contributed by atoms with van der Waals surface area (Å²) in [5, 5.41) is 12.1. The molecule has 0 saturated heterocycles. The van der Waals surface area contributed by atoms with E-state index in [0.29, 0.717) is 5.69 Å². The molecule has 0 aliphatic heterocycles. The Morgan fingerprint density at radius 3 is 2.56 bits per heavy atom. The quantitative estimate of drug-likeness (QED) is 0.668. The number of hydrogen-bond donors (Lipinski definition) is 3. The third kappa shape index (κ3) is 3.98. The van der Waals surface area contributed by atoms with Gasteiger partial charge in [-0.1, -0.05) is 0 Å². The van der Waals surface area contributed by atoms with Gasteiger partial charge >= 0.3 is 0 Å². The summed E-state index contributed by atoms with van der Waals surface area (Å²) in [7, 11) is 0. The van der Waals surface area contributed by atoms with Crippen LogP contribution in [0, 0.1) is 0 Å². The lowest BCUT2D eigenvalue weighted by Gasteiger charge is -2.16. The van der Waals surface area contributed by atoms with Crippen molar-refractivity contribution in [2.45, 2.75) is 32.9 Å². The number of nitrogens with two attached hydrogens (primary N) is 1. The maximum Gasteiger partial charge on any atom is 0.123 e. The number of nitrogens with one attached hydrogen (secondary N) is 1. The predicted molar refractivity (Wildman–Crippen MR) is 66.8 cm³/mol. The van der Waals surface area contributed by atoms with Gasteiger partial charge in [0.25, 0.3) is 0 Å². The van der Waals surface area contributed by atoms with Crippen LogP contribution in [0.5, 0.6) is 5.75 Å². The largest absolute Gasteiger partial charge is 0.491 e. The van der Waals surface area contributed by atoms with Gasteiger partial charge in [-0.3, -0.25) is 0 Å². The van der Waals surface area contributed by atoms with Gasteiger partial charge in [0, 0.05) is 29.5 Å².